The lowest BCUT2D eigenvalue weighted by atomic mass is 9.92. The summed E-state index contributed by atoms with van der Waals surface area (Å²) >= 11 is 0. The monoisotopic (exact) mass is 412 g/mol. The molecule has 0 aliphatic heterocycles. The fraction of sp³-hybridized carbons (Fsp3) is 0.261. The molecule has 0 aliphatic rings. The van der Waals surface area contributed by atoms with Gasteiger partial charge in [-0.1, -0.05) is 6.07 Å². The second kappa shape index (κ2) is 8.82. The van der Waals surface area contributed by atoms with Gasteiger partial charge in [0.15, 0.2) is 23.0 Å². The van der Waals surface area contributed by atoms with Crippen LogP contribution in [-0.4, -0.2) is 46.1 Å². The van der Waals surface area contributed by atoms with Gasteiger partial charge in [0, 0.05) is 10.9 Å². The number of hydrogen-bond acceptors (Lipinski definition) is 7. The van der Waals surface area contributed by atoms with Crippen LogP contribution >= 0.6 is 0 Å². The number of phenolic OH excluding ortho intramolecular Hbond substituents is 1. The van der Waals surface area contributed by atoms with Gasteiger partial charge in [-0.3, -0.25) is 0 Å². The van der Waals surface area contributed by atoms with E-state index in [-0.39, 0.29) is 17.9 Å². The van der Waals surface area contributed by atoms with E-state index in [1.807, 2.05) is 6.07 Å². The van der Waals surface area contributed by atoms with Crippen LogP contribution in [0.5, 0.6) is 28.7 Å². The molecule has 0 saturated heterocycles. The Kier molecular flexibility index (Phi) is 6.20. The Morgan fingerprint density at radius 1 is 0.800 bits per heavy atom. The van der Waals surface area contributed by atoms with E-state index in [2.05, 4.69) is 0 Å². The third-order valence-electron chi connectivity index (χ3n) is 4.79. The number of ether oxygens (including phenoxy) is 5. The second-order valence-corrected chi connectivity index (χ2v) is 6.36. The topological polar surface area (TPSA) is 83.5 Å². The van der Waals surface area contributed by atoms with Crippen LogP contribution in [-0.2, 0) is 4.74 Å². The van der Waals surface area contributed by atoms with Crippen LogP contribution < -0.4 is 18.9 Å². The number of methoxy groups -OCH3 is 4. The van der Waals surface area contributed by atoms with Crippen LogP contribution in [0.25, 0.3) is 21.9 Å². The summed E-state index contributed by atoms with van der Waals surface area (Å²) in [6.07, 6.45) is 0. The van der Waals surface area contributed by atoms with Gasteiger partial charge in [-0.05, 0) is 48.2 Å². The van der Waals surface area contributed by atoms with Crippen molar-refractivity contribution in [2.24, 2.45) is 0 Å². The average molecular weight is 412 g/mol. The maximum atomic E-state index is 12.7. The van der Waals surface area contributed by atoms with Crippen molar-refractivity contribution >= 4 is 16.7 Å². The molecule has 3 aromatic rings. The normalized spacial score (nSPS) is 10.6. The molecular formula is C23H24O7. The Morgan fingerprint density at radius 3 is 1.93 bits per heavy atom. The molecule has 0 aliphatic carbocycles. The van der Waals surface area contributed by atoms with Gasteiger partial charge in [-0.15, -0.1) is 0 Å². The minimum Gasteiger partial charge on any atom is -0.507 e. The Hall–Kier alpha value is -3.61. The minimum absolute atomic E-state index is 0.0711. The van der Waals surface area contributed by atoms with Gasteiger partial charge in [-0.2, -0.15) is 0 Å². The van der Waals surface area contributed by atoms with Crippen LogP contribution in [0.4, 0.5) is 0 Å². The summed E-state index contributed by atoms with van der Waals surface area (Å²) in [5.74, 6) is 1.37. The summed E-state index contributed by atoms with van der Waals surface area (Å²) in [5.41, 5.74) is 1.48. The third kappa shape index (κ3) is 3.66. The van der Waals surface area contributed by atoms with Gasteiger partial charge in [0.25, 0.3) is 0 Å². The van der Waals surface area contributed by atoms with E-state index in [1.54, 1.807) is 38.3 Å². The van der Waals surface area contributed by atoms with E-state index in [4.69, 9.17) is 23.7 Å². The molecule has 7 heteroatoms. The molecule has 7 nitrogen and oxygen atoms in total. The number of carbonyl (C=O) groups is 1. The molecule has 0 fully saturated rings. The van der Waals surface area contributed by atoms with Crippen molar-refractivity contribution in [1.29, 1.82) is 0 Å². The summed E-state index contributed by atoms with van der Waals surface area (Å²) in [7, 11) is 6.13. The largest absolute Gasteiger partial charge is 0.507 e. The predicted octanol–water partition coefficient (Wildman–Crippen LogP) is 4.42. The lowest BCUT2D eigenvalue weighted by Crippen LogP contribution is -2.07. The van der Waals surface area contributed by atoms with E-state index in [1.165, 1.54) is 27.4 Å². The number of esters is 1. The molecule has 3 aromatic carbocycles. The lowest BCUT2D eigenvalue weighted by molar-refractivity contribution is 0.0527. The molecule has 0 heterocycles. The first kappa shape index (κ1) is 21.1. The van der Waals surface area contributed by atoms with Gasteiger partial charge in [0.2, 0.25) is 0 Å². The first-order chi connectivity index (χ1) is 14.5. The molecular weight excluding hydrogens is 388 g/mol. The van der Waals surface area contributed by atoms with Gasteiger partial charge in [0.1, 0.15) is 5.75 Å². The Morgan fingerprint density at radius 2 is 1.37 bits per heavy atom. The van der Waals surface area contributed by atoms with Crippen LogP contribution in [0.15, 0.2) is 36.4 Å². The lowest BCUT2D eigenvalue weighted by Gasteiger charge is -2.17. The number of aromatic hydroxyl groups is 1. The summed E-state index contributed by atoms with van der Waals surface area (Å²) in [5, 5.41) is 11.8. The van der Waals surface area contributed by atoms with E-state index in [0.29, 0.717) is 44.9 Å². The van der Waals surface area contributed by atoms with Crippen LogP contribution in [0.1, 0.15) is 17.3 Å². The number of benzene rings is 3. The maximum Gasteiger partial charge on any atom is 0.338 e. The highest BCUT2D eigenvalue weighted by atomic mass is 16.5. The van der Waals surface area contributed by atoms with Crippen molar-refractivity contribution in [2.75, 3.05) is 35.0 Å². The van der Waals surface area contributed by atoms with Crippen LogP contribution in [0.2, 0.25) is 0 Å². The predicted molar refractivity (Wildman–Crippen MR) is 113 cm³/mol. The second-order valence-electron chi connectivity index (χ2n) is 6.36. The minimum atomic E-state index is -0.547. The van der Waals surface area contributed by atoms with E-state index < -0.39 is 5.97 Å². The van der Waals surface area contributed by atoms with Crippen LogP contribution in [0, 0.1) is 0 Å². The molecule has 0 radical (unpaired) electrons. The zero-order valence-electron chi connectivity index (χ0n) is 17.6. The SMILES string of the molecule is CCOC(=O)c1cc(O)c2cc(OC)c(OC)cc2c1-c1ccc(OC)c(OC)c1. The highest BCUT2D eigenvalue weighted by Crippen LogP contribution is 2.44. The zero-order valence-corrected chi connectivity index (χ0v) is 17.6. The van der Waals surface area contributed by atoms with E-state index in [9.17, 15) is 9.90 Å². The van der Waals surface area contributed by atoms with Gasteiger partial charge < -0.3 is 28.8 Å². The first-order valence-electron chi connectivity index (χ1n) is 9.30. The van der Waals surface area contributed by atoms with Gasteiger partial charge in [0.05, 0.1) is 40.6 Å². The highest BCUT2D eigenvalue weighted by Gasteiger charge is 2.22. The third-order valence-corrected chi connectivity index (χ3v) is 4.79. The molecule has 0 bridgehead atoms. The number of phenols is 1. The fourth-order valence-corrected chi connectivity index (χ4v) is 3.40. The maximum absolute atomic E-state index is 12.7. The molecule has 0 atom stereocenters. The highest BCUT2D eigenvalue weighted by molar-refractivity contribution is 6.11. The average Bonchev–Trinajstić information content (AvgIpc) is 2.77. The Labute approximate surface area is 174 Å². The number of rotatable bonds is 7. The molecule has 0 amide bonds. The first-order valence-corrected chi connectivity index (χ1v) is 9.30. The van der Waals surface area contributed by atoms with Crippen molar-refractivity contribution in [1.82, 2.24) is 0 Å². The molecule has 3 rings (SSSR count). The Bertz CT molecular complexity index is 1090. The quantitative estimate of drug-likeness (QED) is 0.575. The number of hydrogen-bond donors (Lipinski definition) is 1. The van der Waals surface area contributed by atoms with Crippen molar-refractivity contribution in [3.63, 3.8) is 0 Å². The summed E-state index contributed by atoms with van der Waals surface area (Å²) < 4.78 is 26.8. The fourth-order valence-electron chi connectivity index (χ4n) is 3.40. The van der Waals surface area contributed by atoms with Crippen molar-refractivity contribution in [3.05, 3.63) is 42.0 Å². The van der Waals surface area contributed by atoms with E-state index in [0.717, 1.165) is 0 Å². The summed E-state index contributed by atoms with van der Waals surface area (Å²) in [6, 6.07) is 10.1. The van der Waals surface area contributed by atoms with Gasteiger partial charge in [-0.25, -0.2) is 4.79 Å². The molecule has 158 valence electrons. The molecule has 0 unspecified atom stereocenters. The van der Waals surface area contributed by atoms with E-state index >= 15 is 0 Å². The smallest absolute Gasteiger partial charge is 0.338 e. The zero-order chi connectivity index (χ0) is 21.8. The number of carbonyl (C=O) groups excluding carboxylic acids is 1. The van der Waals surface area contributed by atoms with Gasteiger partial charge >= 0.3 is 5.97 Å². The van der Waals surface area contributed by atoms with Crippen molar-refractivity contribution in [2.45, 2.75) is 6.92 Å². The van der Waals surface area contributed by atoms with Crippen molar-refractivity contribution < 1.29 is 33.6 Å². The molecule has 0 aromatic heterocycles. The van der Waals surface area contributed by atoms with Crippen molar-refractivity contribution in [3.8, 4) is 39.9 Å². The summed E-state index contributed by atoms with van der Waals surface area (Å²) in [4.78, 5) is 12.7. The summed E-state index contributed by atoms with van der Waals surface area (Å²) in [6.45, 7) is 1.93. The molecule has 0 saturated carbocycles. The van der Waals surface area contributed by atoms with Crippen LogP contribution in [0.3, 0.4) is 0 Å². The Balaban J connectivity index is 2.42. The standard InChI is InChI=1S/C23H24O7/c1-6-30-23(25)16-10-17(24)14-11-20(28-4)21(29-5)12-15(14)22(16)13-7-8-18(26-2)19(9-13)27-3/h7-12,24H,6H2,1-5H3. The molecule has 30 heavy (non-hydrogen) atoms. The molecule has 0 spiro atoms. The number of fused-ring (bicyclic) bond motifs is 1. The molecule has 1 N–H and O–H groups in total.